The second-order valence-electron chi connectivity index (χ2n) is 6.80. The monoisotopic (exact) mass is 419 g/mol. The number of pyridine rings is 1. The summed E-state index contributed by atoms with van der Waals surface area (Å²) in [7, 11) is 0. The van der Waals surface area contributed by atoms with E-state index in [1.54, 1.807) is 28.9 Å². The summed E-state index contributed by atoms with van der Waals surface area (Å²) in [6.07, 6.45) is 1.72. The lowest BCUT2D eigenvalue weighted by Crippen LogP contribution is -2.13. The minimum Gasteiger partial charge on any atom is -0.322 e. The maximum atomic E-state index is 13.1. The smallest absolute Gasteiger partial charge is 0.256 e. The van der Waals surface area contributed by atoms with Gasteiger partial charge in [-0.3, -0.25) is 4.79 Å². The molecular weight excluding hydrogens is 402 g/mol. The number of hydrogen-bond donors (Lipinski definition) is 1. The van der Waals surface area contributed by atoms with Crippen LogP contribution in [-0.4, -0.2) is 25.7 Å². The molecule has 1 N–H and O–H groups in total. The Labute approximate surface area is 174 Å². The van der Waals surface area contributed by atoms with Crippen LogP contribution < -0.4 is 5.32 Å². The van der Waals surface area contributed by atoms with Crippen LogP contribution in [0.4, 0.5) is 5.69 Å². The zero-order chi connectivity index (χ0) is 20.0. The topological polar surface area (TPSA) is 72.7 Å². The maximum absolute atomic E-state index is 13.1. The van der Waals surface area contributed by atoms with Gasteiger partial charge in [0.15, 0.2) is 5.65 Å². The number of nitrogens with zero attached hydrogens (tertiary/aromatic N) is 4. The summed E-state index contributed by atoms with van der Waals surface area (Å²) in [5, 5.41) is 11.3. The van der Waals surface area contributed by atoms with Crippen molar-refractivity contribution >= 4 is 55.5 Å². The first-order valence-corrected chi connectivity index (χ1v) is 10.8. The second kappa shape index (κ2) is 7.06. The molecule has 29 heavy (non-hydrogen) atoms. The fourth-order valence-corrected chi connectivity index (χ4v) is 4.89. The fourth-order valence-electron chi connectivity index (χ4n) is 3.34. The summed E-state index contributed by atoms with van der Waals surface area (Å²) in [5.41, 5.74) is 3.77. The molecule has 5 rings (SSSR count). The molecule has 0 atom stereocenters. The molecule has 5 aromatic rings. The van der Waals surface area contributed by atoms with Crippen molar-refractivity contribution in [2.45, 2.75) is 20.4 Å². The molecule has 8 heteroatoms. The summed E-state index contributed by atoms with van der Waals surface area (Å²) < 4.78 is 2.90. The van der Waals surface area contributed by atoms with Crippen molar-refractivity contribution < 1.29 is 4.79 Å². The number of amides is 1. The normalized spacial score (nSPS) is 11.4. The largest absolute Gasteiger partial charge is 0.322 e. The number of aryl methyl sites for hydroxylation is 2. The van der Waals surface area contributed by atoms with Gasteiger partial charge >= 0.3 is 0 Å². The molecule has 0 saturated heterocycles. The highest BCUT2D eigenvalue weighted by Crippen LogP contribution is 2.26. The van der Waals surface area contributed by atoms with Gasteiger partial charge in [-0.2, -0.15) is 5.10 Å². The second-order valence-corrected chi connectivity index (χ2v) is 9.07. The van der Waals surface area contributed by atoms with Crippen LogP contribution in [0.2, 0.25) is 0 Å². The van der Waals surface area contributed by atoms with Crippen LogP contribution in [0.1, 0.15) is 25.9 Å². The van der Waals surface area contributed by atoms with Crippen LogP contribution in [-0.2, 0) is 6.54 Å². The van der Waals surface area contributed by atoms with E-state index in [2.05, 4.69) is 26.4 Å². The Morgan fingerprint density at radius 1 is 1.17 bits per heavy atom. The zero-order valence-electron chi connectivity index (χ0n) is 15.8. The lowest BCUT2D eigenvalue weighted by Gasteiger charge is -2.08. The number of fused-ring (bicyclic) bond motifs is 2. The van der Waals surface area contributed by atoms with Crippen molar-refractivity contribution in [3.63, 3.8) is 0 Å². The minimum atomic E-state index is -0.170. The summed E-state index contributed by atoms with van der Waals surface area (Å²) in [5.74, 6) is -0.170. The molecule has 6 nitrogen and oxygen atoms in total. The molecule has 1 amide bonds. The molecule has 0 aliphatic rings. The number of nitrogens with one attached hydrogen (secondary N) is 1. The van der Waals surface area contributed by atoms with Gasteiger partial charge < -0.3 is 5.32 Å². The molecule has 0 aliphatic heterocycles. The molecular formula is C21H17N5OS2. The van der Waals surface area contributed by atoms with Gasteiger partial charge in [-0.05, 0) is 49.6 Å². The van der Waals surface area contributed by atoms with E-state index in [1.807, 2.05) is 54.2 Å². The molecule has 1 aromatic carbocycles. The number of thiazole rings is 1. The van der Waals surface area contributed by atoms with Gasteiger partial charge in [-0.15, -0.1) is 22.7 Å². The first kappa shape index (κ1) is 18.0. The standard InChI is InChI=1S/C21H17N5OS2/c1-12-8-16(17-10-22-26(20(17)23-12)11-15-4-3-7-28-15)21(27)25-14-5-6-18-19(9-14)29-13(2)24-18/h3-10H,11H2,1-2H3,(H,25,27). The molecule has 0 fully saturated rings. The van der Waals surface area contributed by atoms with Gasteiger partial charge in [0.25, 0.3) is 5.91 Å². The Morgan fingerprint density at radius 2 is 2.07 bits per heavy atom. The van der Waals surface area contributed by atoms with Gasteiger partial charge in [0, 0.05) is 16.3 Å². The quantitative estimate of drug-likeness (QED) is 0.444. The lowest BCUT2D eigenvalue weighted by atomic mass is 10.1. The summed E-state index contributed by atoms with van der Waals surface area (Å²) in [6.45, 7) is 4.51. The van der Waals surface area contributed by atoms with Crippen LogP contribution in [0, 0.1) is 13.8 Å². The van der Waals surface area contributed by atoms with Gasteiger partial charge in [0.05, 0.1) is 38.9 Å². The zero-order valence-corrected chi connectivity index (χ0v) is 17.5. The molecule has 4 aromatic heterocycles. The van der Waals surface area contributed by atoms with Crippen molar-refractivity contribution in [1.29, 1.82) is 0 Å². The Morgan fingerprint density at radius 3 is 2.90 bits per heavy atom. The van der Waals surface area contributed by atoms with Crippen molar-refractivity contribution in [3.8, 4) is 0 Å². The number of rotatable bonds is 4. The first-order valence-electron chi connectivity index (χ1n) is 9.11. The Kier molecular flexibility index (Phi) is 4.37. The fraction of sp³-hybridized carbons (Fsp3) is 0.143. The van der Waals surface area contributed by atoms with Gasteiger partial charge in [-0.25, -0.2) is 14.6 Å². The van der Waals surface area contributed by atoms with Gasteiger partial charge in [0.2, 0.25) is 0 Å². The van der Waals surface area contributed by atoms with Crippen molar-refractivity contribution in [1.82, 2.24) is 19.7 Å². The Hall–Kier alpha value is -3.10. The predicted molar refractivity (Wildman–Crippen MR) is 118 cm³/mol. The van der Waals surface area contributed by atoms with Crippen LogP contribution >= 0.6 is 22.7 Å². The highest BCUT2D eigenvalue weighted by molar-refractivity contribution is 7.18. The van der Waals surface area contributed by atoms with Crippen LogP contribution in [0.25, 0.3) is 21.3 Å². The Balaban J connectivity index is 1.49. The number of carbonyl (C=O) groups is 1. The van der Waals surface area contributed by atoms with Crippen LogP contribution in [0.15, 0.2) is 48.0 Å². The van der Waals surface area contributed by atoms with E-state index in [4.69, 9.17) is 0 Å². The number of aromatic nitrogens is 4. The minimum absolute atomic E-state index is 0.170. The van der Waals surface area contributed by atoms with Crippen molar-refractivity contribution in [2.24, 2.45) is 0 Å². The highest BCUT2D eigenvalue weighted by atomic mass is 32.1. The summed E-state index contributed by atoms with van der Waals surface area (Å²) in [6, 6.07) is 11.7. The van der Waals surface area contributed by atoms with E-state index in [1.165, 1.54) is 4.88 Å². The van der Waals surface area contributed by atoms with Crippen molar-refractivity contribution in [3.05, 3.63) is 69.1 Å². The maximum Gasteiger partial charge on any atom is 0.256 e. The molecule has 144 valence electrons. The van der Waals surface area contributed by atoms with E-state index in [0.29, 0.717) is 12.1 Å². The van der Waals surface area contributed by atoms with E-state index in [9.17, 15) is 4.79 Å². The van der Waals surface area contributed by atoms with E-state index in [0.717, 1.165) is 37.6 Å². The third kappa shape index (κ3) is 3.41. The molecule has 0 spiro atoms. The molecule has 0 aliphatic carbocycles. The lowest BCUT2D eigenvalue weighted by molar-refractivity contribution is 0.102. The number of thiophene rings is 1. The predicted octanol–water partition coefficient (Wildman–Crippen LogP) is 5.02. The SMILES string of the molecule is Cc1cc(C(=O)Nc2ccc3nc(C)sc3c2)c2cnn(Cc3cccs3)c2n1. The first-order chi connectivity index (χ1) is 14.1. The summed E-state index contributed by atoms with van der Waals surface area (Å²) >= 11 is 3.29. The van der Waals surface area contributed by atoms with Gasteiger partial charge in [-0.1, -0.05) is 6.07 Å². The average molecular weight is 420 g/mol. The van der Waals surface area contributed by atoms with Crippen LogP contribution in [0.5, 0.6) is 0 Å². The van der Waals surface area contributed by atoms with E-state index in [-0.39, 0.29) is 5.91 Å². The molecule has 0 bridgehead atoms. The Bertz CT molecular complexity index is 1350. The van der Waals surface area contributed by atoms with Crippen LogP contribution in [0.3, 0.4) is 0 Å². The number of hydrogen-bond acceptors (Lipinski definition) is 6. The highest BCUT2D eigenvalue weighted by Gasteiger charge is 2.17. The summed E-state index contributed by atoms with van der Waals surface area (Å²) in [4.78, 5) is 23.3. The number of benzene rings is 1. The molecule has 4 heterocycles. The van der Waals surface area contributed by atoms with Gasteiger partial charge in [0.1, 0.15) is 0 Å². The third-order valence-electron chi connectivity index (χ3n) is 4.62. The molecule has 0 unspecified atom stereocenters. The molecule has 0 radical (unpaired) electrons. The average Bonchev–Trinajstić information content (AvgIpc) is 3.41. The van der Waals surface area contributed by atoms with Crippen molar-refractivity contribution in [2.75, 3.05) is 5.32 Å². The number of carbonyl (C=O) groups excluding carboxylic acids is 1. The number of anilines is 1. The van der Waals surface area contributed by atoms with E-state index < -0.39 is 0 Å². The van der Waals surface area contributed by atoms with E-state index >= 15 is 0 Å². The third-order valence-corrected chi connectivity index (χ3v) is 6.42. The molecule has 0 saturated carbocycles.